The van der Waals surface area contributed by atoms with Crippen LogP contribution in [-0.4, -0.2) is 7.05 Å². The molecule has 0 unspecified atom stereocenters. The van der Waals surface area contributed by atoms with Crippen LogP contribution in [0, 0.1) is 31.1 Å². The maximum atomic E-state index is 8.32. The quantitative estimate of drug-likeness (QED) is 0.472. The van der Waals surface area contributed by atoms with Crippen LogP contribution in [0.15, 0.2) is 59.5 Å². The summed E-state index contributed by atoms with van der Waals surface area (Å²) in [6.45, 7) is 6.98. The van der Waals surface area contributed by atoms with E-state index in [1.54, 1.807) is 12.2 Å². The van der Waals surface area contributed by atoms with E-state index in [9.17, 15) is 0 Å². The van der Waals surface area contributed by atoms with E-state index >= 15 is 0 Å². The van der Waals surface area contributed by atoms with Gasteiger partial charge in [0.05, 0.1) is 0 Å². The van der Waals surface area contributed by atoms with Gasteiger partial charge in [-0.1, -0.05) is 37.5 Å². The summed E-state index contributed by atoms with van der Waals surface area (Å²) in [6.07, 6.45) is 9.39. The van der Waals surface area contributed by atoms with Gasteiger partial charge in [-0.15, -0.1) is 0 Å². The molecule has 0 saturated heterocycles. The first-order valence-corrected chi connectivity index (χ1v) is 3.95. The summed E-state index contributed by atoms with van der Waals surface area (Å²) in [5.74, 6) is 0. The normalized spacial score (nSPS) is 9.27. The molecule has 0 aliphatic heterocycles. The Morgan fingerprint density at radius 3 is 2.20 bits per heavy atom. The SMILES string of the molecule is C=C/C=C\C/C=C(\C=C)N=[N-].CN=[N-].[U+2]. The summed E-state index contributed by atoms with van der Waals surface area (Å²) in [6, 6.07) is 0. The maximum Gasteiger partial charge on any atom is 2.00 e. The third kappa shape index (κ3) is 19.6. The predicted octanol–water partition coefficient (Wildman–Crippen LogP) is 3.85. The molecular formula is C10H14N4U. The Hall–Kier alpha value is -0.788. The van der Waals surface area contributed by atoms with Gasteiger partial charge in [0, 0.05) is 12.7 Å². The topological polar surface area (TPSA) is 69.3 Å². The summed E-state index contributed by atoms with van der Waals surface area (Å²) in [5.41, 5.74) is 16.0. The van der Waals surface area contributed by atoms with Crippen molar-refractivity contribution in [1.82, 2.24) is 0 Å². The van der Waals surface area contributed by atoms with Crippen molar-refractivity contribution in [3.8, 4) is 0 Å². The van der Waals surface area contributed by atoms with Crippen LogP contribution >= 0.6 is 0 Å². The Balaban J connectivity index is -0.000000320. The van der Waals surface area contributed by atoms with Crippen molar-refractivity contribution in [2.75, 3.05) is 7.05 Å². The fourth-order valence-corrected chi connectivity index (χ4v) is 0.529. The summed E-state index contributed by atoms with van der Waals surface area (Å²) in [7, 11) is 1.31. The maximum absolute atomic E-state index is 8.32. The molecular weight excluding hydrogens is 414 g/mol. The van der Waals surface area contributed by atoms with E-state index in [0.717, 1.165) is 6.42 Å². The minimum absolute atomic E-state index is 0. The van der Waals surface area contributed by atoms with E-state index in [1.807, 2.05) is 12.2 Å². The van der Waals surface area contributed by atoms with Crippen LogP contribution < -0.4 is 0 Å². The van der Waals surface area contributed by atoms with Crippen molar-refractivity contribution in [2.24, 2.45) is 10.2 Å². The molecule has 0 aromatic rings. The third-order valence-corrected chi connectivity index (χ3v) is 1.06. The molecule has 0 N–H and O–H groups in total. The summed E-state index contributed by atoms with van der Waals surface area (Å²) >= 11 is 0. The van der Waals surface area contributed by atoms with Crippen molar-refractivity contribution in [3.05, 3.63) is 60.3 Å². The molecule has 0 aliphatic carbocycles. The monoisotopic (exact) mass is 428 g/mol. The van der Waals surface area contributed by atoms with Gasteiger partial charge in [-0.25, -0.2) is 0 Å². The number of hydrogen-bond donors (Lipinski definition) is 0. The molecule has 0 rings (SSSR count). The zero-order valence-electron chi connectivity index (χ0n) is 8.80. The van der Waals surface area contributed by atoms with Gasteiger partial charge in [0.1, 0.15) is 0 Å². The van der Waals surface area contributed by atoms with Gasteiger partial charge in [0.2, 0.25) is 0 Å². The second-order valence-electron chi connectivity index (χ2n) is 2.03. The van der Waals surface area contributed by atoms with E-state index in [0.29, 0.717) is 5.70 Å². The Labute approximate surface area is 115 Å². The standard InChI is InChI=1S/C9H11N2.CH3N2.U/c1-3-5-6-7-8-9(4-2)11-10;1-3-2;/h3-6,8H,1-2,7H2;1H3;/q2*-1;+2/b6-5-,9-8+;;. The van der Waals surface area contributed by atoms with Crippen LogP contribution in [0.4, 0.5) is 0 Å². The first-order valence-electron chi connectivity index (χ1n) is 3.95. The van der Waals surface area contributed by atoms with Crippen LogP contribution in [0.25, 0.3) is 11.1 Å². The van der Waals surface area contributed by atoms with Crippen molar-refractivity contribution in [1.29, 1.82) is 0 Å². The molecule has 0 radical (unpaired) electrons. The van der Waals surface area contributed by atoms with Crippen molar-refractivity contribution >= 4 is 0 Å². The van der Waals surface area contributed by atoms with Gasteiger partial charge in [-0.3, -0.25) is 0 Å². The second-order valence-corrected chi connectivity index (χ2v) is 2.03. The Morgan fingerprint density at radius 1 is 1.33 bits per heavy atom. The molecule has 78 valence electrons. The zero-order chi connectivity index (χ0) is 11.2. The van der Waals surface area contributed by atoms with Crippen LogP contribution in [0.5, 0.6) is 0 Å². The van der Waals surface area contributed by atoms with Crippen LogP contribution in [0.2, 0.25) is 0 Å². The first-order chi connectivity index (χ1) is 6.76. The number of nitrogens with zero attached hydrogens (tertiary/aromatic N) is 4. The summed E-state index contributed by atoms with van der Waals surface area (Å²) in [4.78, 5) is 0. The Morgan fingerprint density at radius 2 is 1.87 bits per heavy atom. The van der Waals surface area contributed by atoms with Gasteiger partial charge >= 0.3 is 31.1 Å². The number of rotatable bonds is 5. The van der Waals surface area contributed by atoms with Gasteiger partial charge in [0.15, 0.2) is 0 Å². The molecule has 15 heavy (non-hydrogen) atoms. The van der Waals surface area contributed by atoms with E-state index in [4.69, 9.17) is 11.1 Å². The Bertz CT molecular complexity index is 234. The zero-order valence-corrected chi connectivity index (χ0v) is 13.0. The fourth-order valence-electron chi connectivity index (χ4n) is 0.529. The molecule has 0 aromatic heterocycles. The summed E-state index contributed by atoms with van der Waals surface area (Å²) < 4.78 is 0. The average molecular weight is 428 g/mol. The predicted molar refractivity (Wildman–Crippen MR) is 59.7 cm³/mol. The minimum atomic E-state index is 0. The third-order valence-electron chi connectivity index (χ3n) is 1.06. The van der Waals surface area contributed by atoms with E-state index < -0.39 is 0 Å². The molecule has 0 aromatic carbocycles. The molecule has 0 saturated carbocycles. The molecule has 0 bridgehead atoms. The van der Waals surface area contributed by atoms with Crippen LogP contribution in [0.1, 0.15) is 6.42 Å². The molecule has 5 heteroatoms. The molecule has 0 amide bonds. The van der Waals surface area contributed by atoms with Gasteiger partial charge in [-0.2, -0.15) is 0 Å². The smallest absolute Gasteiger partial charge is 0.712 e. The molecule has 0 atom stereocenters. The minimum Gasteiger partial charge on any atom is -0.712 e. The fraction of sp³-hybridized carbons (Fsp3) is 0.200. The Kier molecular flexibility index (Phi) is 24.9. The van der Waals surface area contributed by atoms with Gasteiger partial charge < -0.3 is 21.3 Å². The molecule has 0 heterocycles. The van der Waals surface area contributed by atoms with Gasteiger partial charge in [-0.05, 0) is 12.5 Å². The molecule has 4 nitrogen and oxygen atoms in total. The van der Waals surface area contributed by atoms with E-state index in [1.165, 1.54) is 13.1 Å². The van der Waals surface area contributed by atoms with Crippen molar-refractivity contribution in [2.45, 2.75) is 6.42 Å². The summed E-state index contributed by atoms with van der Waals surface area (Å²) in [5, 5.41) is 5.49. The second kappa shape index (κ2) is 18.9. The van der Waals surface area contributed by atoms with Crippen molar-refractivity contribution in [3.63, 3.8) is 0 Å². The molecule has 0 aliphatic rings. The van der Waals surface area contributed by atoms with E-state index in [-0.39, 0.29) is 31.1 Å². The average Bonchev–Trinajstić information content (AvgIpc) is 2.20. The van der Waals surface area contributed by atoms with Crippen LogP contribution in [-0.2, 0) is 0 Å². The van der Waals surface area contributed by atoms with Gasteiger partial charge in [0.25, 0.3) is 0 Å². The molecule has 0 spiro atoms. The van der Waals surface area contributed by atoms with E-state index in [2.05, 4.69) is 23.4 Å². The number of allylic oxidation sites excluding steroid dienone is 5. The van der Waals surface area contributed by atoms with Crippen LogP contribution in [0.3, 0.4) is 0 Å². The molecule has 0 fully saturated rings. The largest absolute Gasteiger partial charge is 2.00 e. The number of hydrogen-bond acceptors (Lipinski definition) is 2. The first kappa shape index (κ1) is 19.7. The van der Waals surface area contributed by atoms with Crippen molar-refractivity contribution < 1.29 is 31.1 Å².